The molecule has 3 rings (SSSR count). The Morgan fingerprint density at radius 1 is 1.08 bits per heavy atom. The number of benzene rings is 2. The van der Waals surface area contributed by atoms with Crippen molar-refractivity contribution in [3.05, 3.63) is 59.7 Å². The Morgan fingerprint density at radius 3 is 2.67 bits per heavy atom. The maximum Gasteiger partial charge on any atom is 0.123 e. The molecule has 4 nitrogen and oxygen atoms in total. The number of ether oxygens (including phenoxy) is 2. The number of rotatable bonds is 6. The minimum atomic E-state index is 0.344. The second kappa shape index (κ2) is 8.18. The van der Waals surface area contributed by atoms with Gasteiger partial charge >= 0.3 is 0 Å². The van der Waals surface area contributed by atoms with Crippen LogP contribution < -0.4 is 20.1 Å². The van der Waals surface area contributed by atoms with E-state index in [1.165, 1.54) is 18.4 Å². The van der Waals surface area contributed by atoms with Gasteiger partial charge in [0.2, 0.25) is 0 Å². The summed E-state index contributed by atoms with van der Waals surface area (Å²) in [7, 11) is 3.40. The quantitative estimate of drug-likeness (QED) is 0.855. The molecule has 1 heterocycles. The smallest absolute Gasteiger partial charge is 0.123 e. The lowest BCUT2D eigenvalue weighted by Gasteiger charge is -2.34. The average molecular weight is 326 g/mol. The van der Waals surface area contributed by atoms with Crippen LogP contribution in [0.15, 0.2) is 48.5 Å². The lowest BCUT2D eigenvalue weighted by atomic mass is 9.92. The zero-order valence-corrected chi connectivity index (χ0v) is 14.4. The lowest BCUT2D eigenvalue weighted by Crippen LogP contribution is -2.45. The van der Waals surface area contributed by atoms with Crippen molar-refractivity contribution >= 4 is 0 Å². The Bertz CT molecular complexity index is 645. The van der Waals surface area contributed by atoms with Crippen LogP contribution in [0.5, 0.6) is 11.5 Å². The third kappa shape index (κ3) is 3.89. The molecule has 1 aliphatic rings. The molecule has 2 aromatic rings. The Hall–Kier alpha value is -2.04. The molecule has 4 heteroatoms. The predicted octanol–water partition coefficient (Wildman–Crippen LogP) is 3.29. The molecular weight excluding hydrogens is 300 g/mol. The van der Waals surface area contributed by atoms with Crippen LogP contribution in [0.4, 0.5) is 0 Å². The van der Waals surface area contributed by atoms with Crippen molar-refractivity contribution in [3.63, 3.8) is 0 Å². The Balaban J connectivity index is 1.72. The molecule has 0 spiro atoms. The number of piperidine rings is 1. The van der Waals surface area contributed by atoms with E-state index in [4.69, 9.17) is 9.47 Å². The molecular formula is C20H26N2O2. The van der Waals surface area contributed by atoms with Gasteiger partial charge in [0.05, 0.1) is 14.2 Å². The summed E-state index contributed by atoms with van der Waals surface area (Å²) in [5.41, 5.74) is 2.46. The van der Waals surface area contributed by atoms with E-state index in [0.29, 0.717) is 12.1 Å². The second-order valence-corrected chi connectivity index (χ2v) is 6.15. The van der Waals surface area contributed by atoms with E-state index in [2.05, 4.69) is 41.0 Å². The minimum Gasteiger partial charge on any atom is -0.497 e. The van der Waals surface area contributed by atoms with E-state index >= 15 is 0 Å². The van der Waals surface area contributed by atoms with E-state index in [1.54, 1.807) is 14.2 Å². The molecule has 128 valence electrons. The van der Waals surface area contributed by atoms with Crippen molar-refractivity contribution in [3.8, 4) is 11.5 Å². The monoisotopic (exact) mass is 326 g/mol. The highest BCUT2D eigenvalue weighted by Gasteiger charge is 2.25. The molecule has 2 atom stereocenters. The highest BCUT2D eigenvalue weighted by Crippen LogP contribution is 2.27. The number of nitrogens with one attached hydrogen (secondary N) is 2. The van der Waals surface area contributed by atoms with Crippen molar-refractivity contribution in [1.29, 1.82) is 0 Å². The van der Waals surface area contributed by atoms with Crippen molar-refractivity contribution in [2.45, 2.75) is 31.5 Å². The molecule has 0 aromatic heterocycles. The topological polar surface area (TPSA) is 42.5 Å². The standard InChI is InChI=1S/C20H26N2O2/c1-23-17-10-11-19(24-2)16(13-17)14-22-18-9-6-12-21-20(18)15-7-4-3-5-8-15/h3-5,7-8,10-11,13,18,20-22H,6,9,12,14H2,1-2H3/t18-,20-/m0/s1. The molecule has 0 bridgehead atoms. The Labute approximate surface area is 144 Å². The van der Waals surface area contributed by atoms with Crippen LogP contribution >= 0.6 is 0 Å². The first-order valence-electron chi connectivity index (χ1n) is 8.54. The highest BCUT2D eigenvalue weighted by molar-refractivity contribution is 5.40. The summed E-state index contributed by atoms with van der Waals surface area (Å²) in [6.45, 7) is 1.83. The second-order valence-electron chi connectivity index (χ2n) is 6.15. The predicted molar refractivity (Wildman–Crippen MR) is 96.6 cm³/mol. The van der Waals surface area contributed by atoms with Crippen LogP contribution in [0.3, 0.4) is 0 Å². The van der Waals surface area contributed by atoms with Gasteiger partial charge in [-0.05, 0) is 43.1 Å². The van der Waals surface area contributed by atoms with Gasteiger partial charge in [0.25, 0.3) is 0 Å². The van der Waals surface area contributed by atoms with Gasteiger partial charge in [-0.15, -0.1) is 0 Å². The normalized spacial score (nSPS) is 20.6. The Morgan fingerprint density at radius 2 is 1.92 bits per heavy atom. The van der Waals surface area contributed by atoms with E-state index in [1.807, 2.05) is 18.2 Å². The van der Waals surface area contributed by atoms with Crippen molar-refractivity contribution < 1.29 is 9.47 Å². The number of methoxy groups -OCH3 is 2. The molecule has 1 saturated heterocycles. The molecule has 0 amide bonds. The van der Waals surface area contributed by atoms with Gasteiger partial charge in [-0.1, -0.05) is 30.3 Å². The molecule has 24 heavy (non-hydrogen) atoms. The van der Waals surface area contributed by atoms with E-state index in [9.17, 15) is 0 Å². The maximum absolute atomic E-state index is 5.49. The molecule has 0 unspecified atom stereocenters. The van der Waals surface area contributed by atoms with Crippen molar-refractivity contribution in [1.82, 2.24) is 10.6 Å². The maximum atomic E-state index is 5.49. The molecule has 0 saturated carbocycles. The van der Waals surface area contributed by atoms with Gasteiger partial charge in [0.1, 0.15) is 11.5 Å². The van der Waals surface area contributed by atoms with Crippen LogP contribution in [0.1, 0.15) is 30.0 Å². The summed E-state index contributed by atoms with van der Waals surface area (Å²) in [5, 5.41) is 7.37. The summed E-state index contributed by atoms with van der Waals surface area (Å²) in [6.07, 6.45) is 2.36. The molecule has 2 N–H and O–H groups in total. The minimum absolute atomic E-state index is 0.344. The van der Waals surface area contributed by atoms with Crippen molar-refractivity contribution in [2.24, 2.45) is 0 Å². The van der Waals surface area contributed by atoms with Crippen molar-refractivity contribution in [2.75, 3.05) is 20.8 Å². The van der Waals surface area contributed by atoms with Gasteiger partial charge in [0.15, 0.2) is 0 Å². The third-order valence-corrected chi connectivity index (χ3v) is 4.66. The van der Waals surface area contributed by atoms with Crippen LogP contribution in [0.2, 0.25) is 0 Å². The first-order chi connectivity index (χ1) is 11.8. The third-order valence-electron chi connectivity index (χ3n) is 4.66. The number of hydrogen-bond donors (Lipinski definition) is 2. The zero-order valence-electron chi connectivity index (χ0n) is 14.4. The molecule has 0 aliphatic carbocycles. The van der Waals surface area contributed by atoms with Gasteiger partial charge < -0.3 is 20.1 Å². The lowest BCUT2D eigenvalue weighted by molar-refractivity contribution is 0.302. The van der Waals surface area contributed by atoms with Crippen LogP contribution in [-0.2, 0) is 6.54 Å². The zero-order chi connectivity index (χ0) is 16.8. The van der Waals surface area contributed by atoms with Gasteiger partial charge in [-0.3, -0.25) is 0 Å². The first kappa shape index (κ1) is 16.8. The van der Waals surface area contributed by atoms with E-state index in [-0.39, 0.29) is 0 Å². The summed E-state index contributed by atoms with van der Waals surface area (Å²) >= 11 is 0. The number of hydrogen-bond acceptors (Lipinski definition) is 4. The summed E-state index contributed by atoms with van der Waals surface area (Å²) in [5.74, 6) is 1.75. The van der Waals surface area contributed by atoms with E-state index in [0.717, 1.165) is 30.2 Å². The first-order valence-corrected chi connectivity index (χ1v) is 8.54. The SMILES string of the molecule is COc1ccc(OC)c(CN[C@H]2CCCN[C@H]2c2ccccc2)c1. The van der Waals surface area contributed by atoms with Crippen LogP contribution in [-0.4, -0.2) is 26.8 Å². The summed E-state index contributed by atoms with van der Waals surface area (Å²) < 4.78 is 10.8. The van der Waals surface area contributed by atoms with Crippen LogP contribution in [0.25, 0.3) is 0 Å². The molecule has 1 fully saturated rings. The summed E-state index contributed by atoms with van der Waals surface area (Å²) in [6, 6.07) is 17.3. The molecule has 1 aliphatic heterocycles. The average Bonchev–Trinajstić information content (AvgIpc) is 2.67. The molecule has 2 aromatic carbocycles. The van der Waals surface area contributed by atoms with Gasteiger partial charge in [-0.25, -0.2) is 0 Å². The van der Waals surface area contributed by atoms with E-state index < -0.39 is 0 Å². The fourth-order valence-electron chi connectivity index (χ4n) is 3.38. The Kier molecular flexibility index (Phi) is 5.72. The van der Waals surface area contributed by atoms with Gasteiger partial charge in [-0.2, -0.15) is 0 Å². The fraction of sp³-hybridized carbons (Fsp3) is 0.400. The van der Waals surface area contributed by atoms with Crippen LogP contribution in [0, 0.1) is 0 Å². The fourth-order valence-corrected chi connectivity index (χ4v) is 3.38. The largest absolute Gasteiger partial charge is 0.497 e. The highest BCUT2D eigenvalue weighted by atomic mass is 16.5. The summed E-state index contributed by atoms with van der Waals surface area (Å²) in [4.78, 5) is 0. The molecule has 0 radical (unpaired) electrons. The van der Waals surface area contributed by atoms with Gasteiger partial charge in [0, 0.05) is 24.2 Å².